The van der Waals surface area contributed by atoms with Crippen LogP contribution in [0.4, 0.5) is 0 Å². The van der Waals surface area contributed by atoms with Gasteiger partial charge in [0.15, 0.2) is 12.0 Å². The Balaban J connectivity index is 1.52. The average Bonchev–Trinajstić information content (AvgIpc) is 2.93. The van der Waals surface area contributed by atoms with E-state index in [4.69, 9.17) is 14.2 Å². The number of aromatic hydroxyl groups is 1. The maximum absolute atomic E-state index is 14.5. The van der Waals surface area contributed by atoms with E-state index in [-0.39, 0.29) is 51.8 Å². The standard InChI is InChI=1S/C30H32N2O9/c1-13-10-16-22(18(33)11-13)24-25(32(30(16)39-3)17-7-5-9-31-29(17)38)28(37)23-15(27(24)36)6-4-8-20(23)41-21-12-19(34)26(35)14(2)40-21/h4,6,8,10-11,14,17,19,21,26,30,33-35H,5,7,9,12H2,1-3H3,(H,31,38). The molecule has 6 rings (SSSR count). The van der Waals surface area contributed by atoms with Gasteiger partial charge in [0.05, 0.1) is 23.3 Å². The predicted molar refractivity (Wildman–Crippen MR) is 144 cm³/mol. The van der Waals surface area contributed by atoms with E-state index in [9.17, 15) is 29.7 Å². The van der Waals surface area contributed by atoms with E-state index >= 15 is 0 Å². The number of benzene rings is 2. The molecule has 6 unspecified atom stereocenters. The number of aliphatic hydroxyl groups is 2. The topological polar surface area (TPSA) is 155 Å². The first-order valence-corrected chi connectivity index (χ1v) is 13.7. The smallest absolute Gasteiger partial charge is 0.242 e. The van der Waals surface area contributed by atoms with Crippen LogP contribution in [0.5, 0.6) is 11.5 Å². The zero-order chi connectivity index (χ0) is 29.2. The van der Waals surface area contributed by atoms with Crippen molar-refractivity contribution in [2.45, 2.75) is 70.0 Å². The van der Waals surface area contributed by atoms with E-state index in [1.165, 1.54) is 25.3 Å². The van der Waals surface area contributed by atoms with Crippen LogP contribution < -0.4 is 10.1 Å². The summed E-state index contributed by atoms with van der Waals surface area (Å²) in [4.78, 5) is 43.5. The molecule has 6 atom stereocenters. The molecular weight excluding hydrogens is 532 g/mol. The molecule has 4 aliphatic rings. The molecule has 0 saturated carbocycles. The van der Waals surface area contributed by atoms with Crippen molar-refractivity contribution in [1.29, 1.82) is 0 Å². The average molecular weight is 565 g/mol. The number of phenolic OH excluding ortho intramolecular Hbond substituents is 1. The second-order valence-electron chi connectivity index (χ2n) is 10.9. The lowest BCUT2D eigenvalue weighted by atomic mass is 9.77. The number of carbonyl (C=O) groups is 3. The monoisotopic (exact) mass is 564 g/mol. The van der Waals surface area contributed by atoms with Crippen LogP contribution in [-0.4, -0.2) is 82.0 Å². The molecule has 1 aliphatic carbocycles. The predicted octanol–water partition coefficient (Wildman–Crippen LogP) is 1.97. The lowest BCUT2D eigenvalue weighted by Crippen LogP contribution is -2.54. The molecule has 3 heterocycles. The number of nitrogens with one attached hydrogen (secondary N) is 1. The molecule has 0 radical (unpaired) electrons. The van der Waals surface area contributed by atoms with E-state index in [2.05, 4.69) is 5.32 Å². The summed E-state index contributed by atoms with van der Waals surface area (Å²) in [6, 6.07) is 7.12. The first-order chi connectivity index (χ1) is 19.6. The third-order valence-electron chi connectivity index (χ3n) is 8.25. The Hall–Kier alpha value is -3.77. The van der Waals surface area contributed by atoms with E-state index < -0.39 is 48.4 Å². The number of amides is 1. The zero-order valence-corrected chi connectivity index (χ0v) is 22.9. The molecule has 2 aromatic carbocycles. The fraction of sp³-hybridized carbons (Fsp3) is 0.433. The Morgan fingerprint density at radius 2 is 1.88 bits per heavy atom. The fourth-order valence-electron chi connectivity index (χ4n) is 6.36. The molecule has 2 saturated heterocycles. The molecule has 0 spiro atoms. The van der Waals surface area contributed by atoms with Gasteiger partial charge in [0.25, 0.3) is 0 Å². The molecule has 11 nitrogen and oxygen atoms in total. The van der Waals surface area contributed by atoms with Crippen LogP contribution in [0, 0.1) is 6.92 Å². The molecule has 0 bridgehead atoms. The minimum atomic E-state index is -1.10. The Labute approximate surface area is 236 Å². The van der Waals surface area contributed by atoms with E-state index in [1.54, 1.807) is 30.9 Å². The quantitative estimate of drug-likeness (QED) is 0.433. The van der Waals surface area contributed by atoms with Crippen molar-refractivity contribution in [2.75, 3.05) is 13.7 Å². The van der Waals surface area contributed by atoms with Gasteiger partial charge in [0.2, 0.25) is 18.0 Å². The highest BCUT2D eigenvalue weighted by Crippen LogP contribution is 2.50. The summed E-state index contributed by atoms with van der Waals surface area (Å²) in [5.74, 6) is -1.48. The maximum Gasteiger partial charge on any atom is 0.242 e. The minimum absolute atomic E-state index is 0.0000865. The van der Waals surface area contributed by atoms with E-state index in [0.717, 1.165) is 5.56 Å². The number of fused-ring (bicyclic) bond motifs is 3. The van der Waals surface area contributed by atoms with Crippen LogP contribution in [-0.2, 0) is 14.3 Å². The number of methoxy groups -OCH3 is 1. The van der Waals surface area contributed by atoms with Crippen LogP contribution >= 0.6 is 0 Å². The van der Waals surface area contributed by atoms with Crippen molar-refractivity contribution in [1.82, 2.24) is 10.2 Å². The lowest BCUT2D eigenvalue weighted by molar-refractivity contribution is -0.216. The highest BCUT2D eigenvalue weighted by atomic mass is 16.7. The number of rotatable bonds is 4. The second kappa shape index (κ2) is 10.3. The van der Waals surface area contributed by atoms with Gasteiger partial charge in [-0.3, -0.25) is 14.4 Å². The Morgan fingerprint density at radius 3 is 2.59 bits per heavy atom. The summed E-state index contributed by atoms with van der Waals surface area (Å²) in [6.07, 6.45) is -3.79. The zero-order valence-electron chi connectivity index (χ0n) is 22.9. The number of carbonyl (C=O) groups excluding carboxylic acids is 3. The van der Waals surface area contributed by atoms with E-state index in [0.29, 0.717) is 24.9 Å². The van der Waals surface area contributed by atoms with Gasteiger partial charge < -0.3 is 39.7 Å². The van der Waals surface area contributed by atoms with Crippen molar-refractivity contribution in [3.8, 4) is 11.5 Å². The first kappa shape index (κ1) is 27.4. The Morgan fingerprint density at radius 1 is 1.10 bits per heavy atom. The van der Waals surface area contributed by atoms with Gasteiger partial charge in [-0.15, -0.1) is 0 Å². The molecule has 4 N–H and O–H groups in total. The van der Waals surface area contributed by atoms with Crippen molar-refractivity contribution in [2.24, 2.45) is 0 Å². The largest absolute Gasteiger partial charge is 0.507 e. The lowest BCUT2D eigenvalue weighted by Gasteiger charge is -2.46. The summed E-state index contributed by atoms with van der Waals surface area (Å²) in [7, 11) is 1.45. The van der Waals surface area contributed by atoms with Crippen molar-refractivity contribution in [3.05, 3.63) is 63.8 Å². The molecule has 2 fully saturated rings. The van der Waals surface area contributed by atoms with Gasteiger partial charge in [-0.25, -0.2) is 0 Å². The summed E-state index contributed by atoms with van der Waals surface area (Å²) < 4.78 is 17.6. The molecule has 3 aliphatic heterocycles. The van der Waals surface area contributed by atoms with Crippen molar-refractivity contribution >= 4 is 23.0 Å². The SMILES string of the molecule is COC1c2cc(C)cc(O)c2C2=C(C(=O)c3c(OC4CC(O)C(O)C(C)O4)cccc3C2=O)N1C1CCCNC1=O. The van der Waals surface area contributed by atoms with Crippen LogP contribution in [0.1, 0.15) is 69.8 Å². The van der Waals surface area contributed by atoms with Crippen LogP contribution in [0.25, 0.3) is 5.57 Å². The summed E-state index contributed by atoms with van der Waals surface area (Å²) in [5.41, 5.74) is 1.41. The van der Waals surface area contributed by atoms with Crippen molar-refractivity contribution < 1.29 is 43.9 Å². The maximum atomic E-state index is 14.5. The Bertz CT molecular complexity index is 1470. The first-order valence-electron chi connectivity index (χ1n) is 13.7. The third kappa shape index (κ3) is 4.31. The van der Waals surface area contributed by atoms with Gasteiger partial charge >= 0.3 is 0 Å². The number of piperidine rings is 1. The van der Waals surface area contributed by atoms with Gasteiger partial charge in [-0.1, -0.05) is 18.2 Å². The Kier molecular flexibility index (Phi) is 6.85. The number of ketones is 2. The number of Topliss-reactive ketones (excluding diaryl/α,β-unsaturated/α-hetero) is 2. The summed E-state index contributed by atoms with van der Waals surface area (Å²) >= 11 is 0. The van der Waals surface area contributed by atoms with E-state index in [1.807, 2.05) is 0 Å². The number of phenols is 1. The molecule has 11 heteroatoms. The van der Waals surface area contributed by atoms with Gasteiger partial charge in [0, 0.05) is 36.8 Å². The minimum Gasteiger partial charge on any atom is -0.507 e. The van der Waals surface area contributed by atoms with Gasteiger partial charge in [-0.2, -0.15) is 0 Å². The molecule has 2 aromatic rings. The number of aliphatic hydroxyl groups excluding tert-OH is 2. The number of hydrogen-bond acceptors (Lipinski definition) is 10. The number of nitrogens with zero attached hydrogens (tertiary/aromatic N) is 1. The number of aryl methyl sites for hydroxylation is 1. The summed E-state index contributed by atoms with van der Waals surface area (Å²) in [6.45, 7) is 3.89. The molecular formula is C30H32N2O9. The van der Waals surface area contributed by atoms with Gasteiger partial charge in [0.1, 0.15) is 29.3 Å². The van der Waals surface area contributed by atoms with Crippen LogP contribution in [0.3, 0.4) is 0 Å². The number of hydrogen-bond donors (Lipinski definition) is 4. The van der Waals surface area contributed by atoms with Crippen LogP contribution in [0.15, 0.2) is 36.0 Å². The fourth-order valence-corrected chi connectivity index (χ4v) is 6.36. The summed E-state index contributed by atoms with van der Waals surface area (Å²) in [5, 5.41) is 34.3. The second-order valence-corrected chi connectivity index (χ2v) is 10.9. The molecule has 1 amide bonds. The number of ether oxygens (including phenoxy) is 3. The van der Waals surface area contributed by atoms with Crippen LogP contribution in [0.2, 0.25) is 0 Å². The highest BCUT2D eigenvalue weighted by Gasteiger charge is 2.49. The third-order valence-corrected chi connectivity index (χ3v) is 8.25. The van der Waals surface area contributed by atoms with Crippen molar-refractivity contribution in [3.63, 3.8) is 0 Å². The number of allylic oxidation sites excluding steroid dienone is 2. The van der Waals surface area contributed by atoms with Gasteiger partial charge in [-0.05, 0) is 44.4 Å². The molecule has 216 valence electrons. The highest BCUT2D eigenvalue weighted by molar-refractivity contribution is 6.41. The molecule has 41 heavy (non-hydrogen) atoms. The molecule has 0 aromatic heterocycles. The normalized spacial score (nSPS) is 29.5.